The number of carbonyl (C=O) groups is 5. The molecule has 1 N–H and O–H groups in total. The second-order valence-corrected chi connectivity index (χ2v) is 14.3. The number of carbonyl (C=O) groups excluding carboxylic acids is 5. The smallest absolute Gasteiger partial charge is 0.241 e. The first-order valence-corrected chi connectivity index (χ1v) is 17.3. The number of imide groups is 2. The van der Waals surface area contributed by atoms with Crippen molar-refractivity contribution < 1.29 is 38.2 Å². The Morgan fingerprint density at radius 1 is 0.846 bits per heavy atom. The number of methoxy groups -OCH3 is 1. The van der Waals surface area contributed by atoms with Crippen molar-refractivity contribution in [3.63, 3.8) is 0 Å². The van der Waals surface area contributed by atoms with E-state index in [0.29, 0.717) is 33.7 Å². The second kappa shape index (κ2) is 12.3. The normalized spacial score (nSPS) is 26.5. The van der Waals surface area contributed by atoms with Crippen LogP contribution in [0.5, 0.6) is 11.5 Å². The van der Waals surface area contributed by atoms with Crippen molar-refractivity contribution in [3.05, 3.63) is 130 Å². The van der Waals surface area contributed by atoms with Gasteiger partial charge in [-0.25, -0.2) is 9.29 Å². The fourth-order valence-electron chi connectivity index (χ4n) is 8.89. The first-order valence-electron chi connectivity index (χ1n) is 16.9. The molecule has 4 aromatic carbocycles. The van der Waals surface area contributed by atoms with Crippen LogP contribution < -0.4 is 14.5 Å². The van der Waals surface area contributed by atoms with Gasteiger partial charge in [-0.2, -0.15) is 0 Å². The maximum Gasteiger partial charge on any atom is 0.241 e. The van der Waals surface area contributed by atoms with Gasteiger partial charge >= 0.3 is 0 Å². The van der Waals surface area contributed by atoms with Gasteiger partial charge < -0.3 is 9.84 Å². The maximum atomic E-state index is 14.6. The van der Waals surface area contributed by atoms with E-state index in [1.165, 1.54) is 25.3 Å². The number of ketones is 1. The number of anilines is 2. The van der Waals surface area contributed by atoms with Gasteiger partial charge in [0.25, 0.3) is 0 Å². The van der Waals surface area contributed by atoms with Crippen LogP contribution in [-0.4, -0.2) is 41.6 Å². The average Bonchev–Trinajstić information content (AvgIpc) is 3.52. The molecule has 0 aromatic heterocycles. The lowest BCUT2D eigenvalue weighted by Gasteiger charge is -2.49. The molecule has 0 spiro atoms. The van der Waals surface area contributed by atoms with Crippen molar-refractivity contribution in [2.75, 3.05) is 16.9 Å². The minimum atomic E-state index is -1.44. The van der Waals surface area contributed by atoms with E-state index >= 15 is 0 Å². The molecular weight excluding hydrogens is 687 g/mol. The Morgan fingerprint density at radius 3 is 2.23 bits per heavy atom. The number of nitrogens with zero attached hydrogens (tertiary/aromatic N) is 2. The molecule has 1 saturated carbocycles. The zero-order chi connectivity index (χ0) is 36.6. The molecule has 4 aromatic rings. The summed E-state index contributed by atoms with van der Waals surface area (Å²) in [6.07, 6.45) is 2.16. The van der Waals surface area contributed by atoms with Gasteiger partial charge in [-0.1, -0.05) is 53.6 Å². The van der Waals surface area contributed by atoms with Crippen LogP contribution in [-0.2, 0) is 19.2 Å². The summed E-state index contributed by atoms with van der Waals surface area (Å²) in [5.74, 6) is -6.62. The molecule has 11 heteroatoms. The van der Waals surface area contributed by atoms with Crippen molar-refractivity contribution in [1.82, 2.24) is 0 Å². The number of hydrogen-bond acceptors (Lipinski definition) is 7. The summed E-state index contributed by atoms with van der Waals surface area (Å²) >= 11 is 6.09. The van der Waals surface area contributed by atoms with Crippen LogP contribution >= 0.6 is 11.6 Å². The molecule has 0 unspecified atom stereocenters. The Bertz CT molecular complexity index is 2240. The van der Waals surface area contributed by atoms with Crippen LogP contribution in [0.4, 0.5) is 15.8 Å². The lowest BCUT2D eigenvalue weighted by molar-refractivity contribution is -0.131. The Balaban J connectivity index is 1.20. The minimum absolute atomic E-state index is 0.0815. The van der Waals surface area contributed by atoms with E-state index in [1.807, 2.05) is 12.1 Å². The third-order valence-corrected chi connectivity index (χ3v) is 11.7. The summed E-state index contributed by atoms with van der Waals surface area (Å²) in [6.45, 7) is 1.68. The Morgan fingerprint density at radius 2 is 1.54 bits per heavy atom. The molecular formula is C41H32ClFN2O7. The number of allylic oxidation sites excluding steroid dienone is 2. The molecule has 8 rings (SSSR count). The van der Waals surface area contributed by atoms with Crippen LogP contribution in [0.15, 0.2) is 103 Å². The van der Waals surface area contributed by atoms with Crippen molar-refractivity contribution in [2.45, 2.75) is 25.7 Å². The number of halogens is 2. The lowest BCUT2D eigenvalue weighted by Crippen LogP contribution is -2.48. The Hall–Kier alpha value is -5.61. The third kappa shape index (κ3) is 4.84. The number of hydrogen-bond donors (Lipinski definition) is 1. The Kier molecular flexibility index (Phi) is 7.91. The molecule has 4 amide bonds. The van der Waals surface area contributed by atoms with E-state index in [-0.39, 0.29) is 35.1 Å². The average molecular weight is 719 g/mol. The van der Waals surface area contributed by atoms with Crippen LogP contribution in [0, 0.1) is 34.9 Å². The number of aromatic hydroxyl groups is 1. The van der Waals surface area contributed by atoms with Crippen molar-refractivity contribution in [1.29, 1.82) is 0 Å². The van der Waals surface area contributed by atoms with E-state index < -0.39 is 64.5 Å². The summed E-state index contributed by atoms with van der Waals surface area (Å²) < 4.78 is 19.7. The van der Waals surface area contributed by atoms with Crippen LogP contribution in [0.25, 0.3) is 0 Å². The highest BCUT2D eigenvalue weighted by molar-refractivity contribution is 6.32. The summed E-state index contributed by atoms with van der Waals surface area (Å²) in [5, 5.41) is 11.1. The summed E-state index contributed by atoms with van der Waals surface area (Å²) in [5.41, 5.74) is 0.917. The molecule has 2 aliphatic heterocycles. The highest BCUT2D eigenvalue weighted by Gasteiger charge is 2.68. The number of benzene rings is 4. The van der Waals surface area contributed by atoms with E-state index in [1.54, 1.807) is 67.6 Å². The molecule has 52 heavy (non-hydrogen) atoms. The second-order valence-electron chi connectivity index (χ2n) is 13.9. The van der Waals surface area contributed by atoms with Gasteiger partial charge in [-0.3, -0.25) is 28.9 Å². The molecule has 2 aliphatic carbocycles. The fourth-order valence-corrected chi connectivity index (χ4v) is 9.07. The molecule has 262 valence electrons. The molecule has 9 nitrogen and oxygen atoms in total. The number of phenolic OH excluding ortho intramolecular Hbond substituents is 1. The number of ether oxygens (including phenoxy) is 1. The molecule has 4 aliphatic rings. The molecule has 3 fully saturated rings. The maximum absolute atomic E-state index is 14.6. The monoisotopic (exact) mass is 718 g/mol. The topological polar surface area (TPSA) is 121 Å². The van der Waals surface area contributed by atoms with Crippen molar-refractivity contribution in [3.8, 4) is 11.5 Å². The van der Waals surface area contributed by atoms with Gasteiger partial charge in [0.05, 0.1) is 46.7 Å². The fraction of sp³-hybridized carbons (Fsp3) is 0.244. The predicted octanol–water partition coefficient (Wildman–Crippen LogP) is 6.86. The third-order valence-electron chi connectivity index (χ3n) is 11.4. The minimum Gasteiger partial charge on any atom is -0.508 e. The van der Waals surface area contributed by atoms with Gasteiger partial charge in [0.2, 0.25) is 23.6 Å². The standard InChI is InChI=1S/C41H32ClFN2O7/c1-41-30(38(49)45(40(41)51)24-12-16-32(43)31(42)18-24)20-28-26(35(41)29-19-25(52-2)13-17-33(29)46)14-15-27-34(28)39(50)44(37(27)48)23-10-8-22(9-11-23)36(47)21-6-4-3-5-7-21/h3-14,16-19,27-28,30,34-35,46H,15,20H2,1-2H3/t27-,28+,30-,34-,35+,41+/m0/s1. The number of rotatable bonds is 6. The molecule has 6 atom stereocenters. The SMILES string of the molecule is COc1ccc(O)c([C@H]2C3=CC[C@@H]4C(=O)N(c5ccc(C(=O)c6ccccc6)cc5)C(=O)[C@@H]4[C@@H]3C[C@H]3C(=O)N(c4ccc(F)c(Cl)c4)C(=O)[C@@]23C)c1. The highest BCUT2D eigenvalue weighted by atomic mass is 35.5. The first-order chi connectivity index (χ1) is 24.9. The number of fused-ring (bicyclic) bond motifs is 4. The van der Waals surface area contributed by atoms with Gasteiger partial charge in [0, 0.05) is 22.6 Å². The molecule has 0 radical (unpaired) electrons. The molecule has 0 bridgehead atoms. The summed E-state index contributed by atoms with van der Waals surface area (Å²) in [4.78, 5) is 72.7. The van der Waals surface area contributed by atoms with Gasteiger partial charge in [0.1, 0.15) is 17.3 Å². The first kappa shape index (κ1) is 33.5. The van der Waals surface area contributed by atoms with E-state index in [9.17, 15) is 33.5 Å². The van der Waals surface area contributed by atoms with Gasteiger partial charge in [-0.15, -0.1) is 0 Å². The zero-order valence-electron chi connectivity index (χ0n) is 28.1. The molecule has 2 saturated heterocycles. The van der Waals surface area contributed by atoms with Crippen LogP contribution in [0.2, 0.25) is 5.02 Å². The van der Waals surface area contributed by atoms with Crippen molar-refractivity contribution in [2.24, 2.45) is 29.1 Å². The van der Waals surface area contributed by atoms with E-state index in [4.69, 9.17) is 16.3 Å². The predicted molar refractivity (Wildman–Crippen MR) is 189 cm³/mol. The Labute approximate surface area is 303 Å². The van der Waals surface area contributed by atoms with Crippen molar-refractivity contribution >= 4 is 52.4 Å². The largest absolute Gasteiger partial charge is 0.508 e. The van der Waals surface area contributed by atoms with Gasteiger partial charge in [0.15, 0.2) is 5.78 Å². The van der Waals surface area contributed by atoms with Gasteiger partial charge in [-0.05, 0) is 86.3 Å². The molecule has 2 heterocycles. The zero-order valence-corrected chi connectivity index (χ0v) is 28.8. The number of amides is 4. The quantitative estimate of drug-likeness (QED) is 0.131. The highest BCUT2D eigenvalue weighted by Crippen LogP contribution is 2.64. The van der Waals surface area contributed by atoms with E-state index in [0.717, 1.165) is 15.9 Å². The number of phenols is 1. The summed E-state index contributed by atoms with van der Waals surface area (Å²) in [6, 6.07) is 23.4. The van der Waals surface area contributed by atoms with Crippen LogP contribution in [0.1, 0.15) is 47.2 Å². The van der Waals surface area contributed by atoms with Crippen LogP contribution in [0.3, 0.4) is 0 Å². The lowest BCUT2D eigenvalue weighted by atomic mass is 9.51. The summed E-state index contributed by atoms with van der Waals surface area (Å²) in [7, 11) is 1.47. The van der Waals surface area contributed by atoms with E-state index in [2.05, 4.69) is 0 Å².